The summed E-state index contributed by atoms with van der Waals surface area (Å²) in [4.78, 5) is 11.5. The van der Waals surface area contributed by atoms with E-state index in [2.05, 4.69) is 0 Å². The molecule has 0 heterocycles. The van der Waals surface area contributed by atoms with Crippen LogP contribution < -0.4 is 0 Å². The number of hydrogen-bond acceptors (Lipinski definition) is 3. The van der Waals surface area contributed by atoms with Crippen LogP contribution >= 0.6 is 0 Å². The number of benzene rings is 1. The molecule has 0 spiro atoms. The van der Waals surface area contributed by atoms with Crippen molar-refractivity contribution < 1.29 is 14.6 Å². The number of aliphatic hydroxyl groups is 1. The molecule has 0 radical (unpaired) electrons. The second kappa shape index (κ2) is 4.94. The fraction of sp³-hybridized carbons (Fsp3) is 0.417. The molecule has 0 aliphatic rings. The summed E-state index contributed by atoms with van der Waals surface area (Å²) in [5.41, 5.74) is 1.30. The number of rotatable bonds is 3. The van der Waals surface area contributed by atoms with Crippen LogP contribution in [0.25, 0.3) is 0 Å². The van der Waals surface area contributed by atoms with E-state index in [1.165, 1.54) is 0 Å². The first-order chi connectivity index (χ1) is 7.00. The smallest absolute Gasteiger partial charge is 0.338 e. The van der Waals surface area contributed by atoms with Gasteiger partial charge in [0.2, 0.25) is 0 Å². The van der Waals surface area contributed by atoms with E-state index < -0.39 is 6.10 Å². The van der Waals surface area contributed by atoms with Crippen LogP contribution in [0, 0.1) is 0 Å². The highest BCUT2D eigenvalue weighted by molar-refractivity contribution is 5.89. The summed E-state index contributed by atoms with van der Waals surface area (Å²) in [6.45, 7) is 5.30. The molecule has 1 atom stereocenters. The minimum atomic E-state index is -0.514. The number of esters is 1. The van der Waals surface area contributed by atoms with Crippen LogP contribution in [0.1, 0.15) is 42.8 Å². The second-order valence-corrected chi connectivity index (χ2v) is 3.75. The van der Waals surface area contributed by atoms with Crippen molar-refractivity contribution in [2.24, 2.45) is 0 Å². The lowest BCUT2D eigenvalue weighted by Gasteiger charge is -2.09. The predicted octanol–water partition coefficient (Wildman–Crippen LogP) is 2.31. The SMILES string of the molecule is CC(C)OC(=O)c1ccc([C@@H](C)O)cc1. The zero-order valence-electron chi connectivity index (χ0n) is 9.23. The third kappa shape index (κ3) is 3.36. The molecule has 1 aromatic carbocycles. The van der Waals surface area contributed by atoms with Gasteiger partial charge in [-0.3, -0.25) is 0 Å². The highest BCUT2D eigenvalue weighted by atomic mass is 16.5. The fourth-order valence-electron chi connectivity index (χ4n) is 1.18. The maximum atomic E-state index is 11.5. The Hall–Kier alpha value is -1.35. The van der Waals surface area contributed by atoms with Gasteiger partial charge < -0.3 is 9.84 Å². The Balaban J connectivity index is 2.75. The lowest BCUT2D eigenvalue weighted by atomic mass is 10.1. The van der Waals surface area contributed by atoms with Crippen molar-refractivity contribution in [1.29, 1.82) is 0 Å². The zero-order valence-corrected chi connectivity index (χ0v) is 9.23. The fourth-order valence-corrected chi connectivity index (χ4v) is 1.18. The molecule has 1 rings (SSSR count). The van der Waals surface area contributed by atoms with E-state index in [1.54, 1.807) is 31.2 Å². The van der Waals surface area contributed by atoms with Gasteiger partial charge in [0.15, 0.2) is 0 Å². The van der Waals surface area contributed by atoms with Crippen molar-refractivity contribution in [2.75, 3.05) is 0 Å². The predicted molar refractivity (Wildman–Crippen MR) is 57.6 cm³/mol. The lowest BCUT2D eigenvalue weighted by molar-refractivity contribution is 0.0377. The van der Waals surface area contributed by atoms with Gasteiger partial charge in [-0.2, -0.15) is 0 Å². The number of carbonyl (C=O) groups is 1. The van der Waals surface area contributed by atoms with E-state index in [-0.39, 0.29) is 12.1 Å². The van der Waals surface area contributed by atoms with E-state index >= 15 is 0 Å². The van der Waals surface area contributed by atoms with Crippen LogP contribution in [0.2, 0.25) is 0 Å². The molecule has 1 N–H and O–H groups in total. The van der Waals surface area contributed by atoms with Gasteiger partial charge in [-0.1, -0.05) is 12.1 Å². The summed E-state index contributed by atoms with van der Waals surface area (Å²) in [5.74, 6) is -0.331. The minimum absolute atomic E-state index is 0.117. The highest BCUT2D eigenvalue weighted by Gasteiger charge is 2.09. The van der Waals surface area contributed by atoms with Gasteiger partial charge in [-0.05, 0) is 38.5 Å². The molecule has 0 amide bonds. The van der Waals surface area contributed by atoms with Crippen molar-refractivity contribution in [2.45, 2.75) is 33.0 Å². The summed E-state index contributed by atoms with van der Waals surface area (Å²) in [5, 5.41) is 9.28. The zero-order chi connectivity index (χ0) is 11.4. The molecule has 15 heavy (non-hydrogen) atoms. The van der Waals surface area contributed by atoms with E-state index in [0.717, 1.165) is 5.56 Å². The minimum Gasteiger partial charge on any atom is -0.459 e. The molecule has 0 saturated heterocycles. The van der Waals surface area contributed by atoms with Gasteiger partial charge in [0, 0.05) is 0 Å². The molecule has 82 valence electrons. The van der Waals surface area contributed by atoms with Gasteiger partial charge in [0.05, 0.1) is 17.8 Å². The van der Waals surface area contributed by atoms with Gasteiger partial charge in [-0.25, -0.2) is 4.79 Å². The Morgan fingerprint density at radius 1 is 1.20 bits per heavy atom. The molecule has 0 aliphatic heterocycles. The summed E-state index contributed by atoms with van der Waals surface area (Å²) in [6.07, 6.45) is -0.630. The first kappa shape index (κ1) is 11.7. The second-order valence-electron chi connectivity index (χ2n) is 3.75. The molecule has 0 saturated carbocycles. The summed E-state index contributed by atoms with van der Waals surface area (Å²) in [7, 11) is 0. The van der Waals surface area contributed by atoms with Crippen LogP contribution in [0.3, 0.4) is 0 Å². The Bertz CT molecular complexity index is 325. The number of carbonyl (C=O) groups excluding carboxylic acids is 1. The third-order valence-corrected chi connectivity index (χ3v) is 1.97. The van der Waals surface area contributed by atoms with E-state index in [9.17, 15) is 9.90 Å². The molecule has 3 heteroatoms. The van der Waals surface area contributed by atoms with E-state index in [1.807, 2.05) is 13.8 Å². The van der Waals surface area contributed by atoms with Gasteiger partial charge in [0.1, 0.15) is 0 Å². The highest BCUT2D eigenvalue weighted by Crippen LogP contribution is 2.13. The molecule has 0 fully saturated rings. The molecule has 0 bridgehead atoms. The van der Waals surface area contributed by atoms with Crippen molar-refractivity contribution in [3.05, 3.63) is 35.4 Å². The summed E-state index contributed by atoms with van der Waals surface area (Å²) in [6, 6.07) is 6.77. The number of aliphatic hydroxyl groups excluding tert-OH is 1. The maximum absolute atomic E-state index is 11.5. The standard InChI is InChI=1S/C12H16O3/c1-8(2)15-12(14)11-6-4-10(5-7-11)9(3)13/h4-9,13H,1-3H3/t9-/m1/s1. The van der Waals surface area contributed by atoms with E-state index in [4.69, 9.17) is 4.74 Å². The van der Waals surface area contributed by atoms with Crippen molar-refractivity contribution in [3.8, 4) is 0 Å². The average Bonchev–Trinajstić information content (AvgIpc) is 2.17. The van der Waals surface area contributed by atoms with Gasteiger partial charge >= 0.3 is 5.97 Å². The normalized spacial score (nSPS) is 12.6. The molecule has 0 unspecified atom stereocenters. The third-order valence-electron chi connectivity index (χ3n) is 1.97. The summed E-state index contributed by atoms with van der Waals surface area (Å²) >= 11 is 0. The maximum Gasteiger partial charge on any atom is 0.338 e. The quantitative estimate of drug-likeness (QED) is 0.775. The monoisotopic (exact) mass is 208 g/mol. The van der Waals surface area contributed by atoms with Gasteiger partial charge in [-0.15, -0.1) is 0 Å². The van der Waals surface area contributed by atoms with Crippen LogP contribution in [-0.2, 0) is 4.74 Å². The van der Waals surface area contributed by atoms with Crippen LogP contribution in [0.5, 0.6) is 0 Å². The Labute approximate surface area is 89.7 Å². The Morgan fingerprint density at radius 2 is 1.73 bits per heavy atom. The van der Waals surface area contributed by atoms with Crippen molar-refractivity contribution in [3.63, 3.8) is 0 Å². The topological polar surface area (TPSA) is 46.5 Å². The molecular weight excluding hydrogens is 192 g/mol. The largest absolute Gasteiger partial charge is 0.459 e. The number of ether oxygens (including phenoxy) is 1. The molecule has 1 aromatic rings. The van der Waals surface area contributed by atoms with Gasteiger partial charge in [0.25, 0.3) is 0 Å². The van der Waals surface area contributed by atoms with Crippen molar-refractivity contribution >= 4 is 5.97 Å². The molecule has 3 nitrogen and oxygen atoms in total. The van der Waals surface area contributed by atoms with Crippen LogP contribution in [-0.4, -0.2) is 17.2 Å². The lowest BCUT2D eigenvalue weighted by Crippen LogP contribution is -2.11. The first-order valence-electron chi connectivity index (χ1n) is 4.99. The Kier molecular flexibility index (Phi) is 3.86. The average molecular weight is 208 g/mol. The first-order valence-corrected chi connectivity index (χ1v) is 4.99. The van der Waals surface area contributed by atoms with Crippen LogP contribution in [0.15, 0.2) is 24.3 Å². The van der Waals surface area contributed by atoms with E-state index in [0.29, 0.717) is 5.56 Å². The Morgan fingerprint density at radius 3 is 2.13 bits per heavy atom. The van der Waals surface area contributed by atoms with Crippen LogP contribution in [0.4, 0.5) is 0 Å². The van der Waals surface area contributed by atoms with Crippen molar-refractivity contribution in [1.82, 2.24) is 0 Å². The molecule has 0 aromatic heterocycles. The molecule has 0 aliphatic carbocycles. The molecular formula is C12H16O3. The number of hydrogen-bond donors (Lipinski definition) is 1. The summed E-state index contributed by atoms with van der Waals surface area (Å²) < 4.78 is 5.04.